The van der Waals surface area contributed by atoms with E-state index < -0.39 is 5.97 Å². The highest BCUT2D eigenvalue weighted by Crippen LogP contribution is 2.16. The molecule has 0 radical (unpaired) electrons. The van der Waals surface area contributed by atoms with E-state index in [4.69, 9.17) is 16.3 Å². The van der Waals surface area contributed by atoms with Crippen molar-refractivity contribution in [2.24, 2.45) is 0 Å². The molecular weight excluding hydrogens is 312 g/mol. The Morgan fingerprint density at radius 3 is 2.61 bits per heavy atom. The largest absolute Gasteiger partial charge is 0.457 e. The average molecular weight is 327 g/mol. The van der Waals surface area contributed by atoms with Gasteiger partial charge in [0.2, 0.25) is 0 Å². The van der Waals surface area contributed by atoms with Gasteiger partial charge in [-0.15, -0.1) is 0 Å². The highest BCUT2D eigenvalue weighted by atomic mass is 35.5. The molecule has 0 aliphatic heterocycles. The van der Waals surface area contributed by atoms with Crippen LogP contribution in [0.15, 0.2) is 67.0 Å². The van der Waals surface area contributed by atoms with E-state index in [1.165, 1.54) is 6.20 Å². The van der Waals surface area contributed by atoms with Crippen molar-refractivity contribution in [3.63, 3.8) is 0 Å². The highest BCUT2D eigenvalue weighted by molar-refractivity contribution is 6.31. The summed E-state index contributed by atoms with van der Waals surface area (Å²) in [5.41, 5.74) is 2.32. The van der Waals surface area contributed by atoms with Crippen LogP contribution in [0.1, 0.15) is 21.5 Å². The minimum Gasteiger partial charge on any atom is -0.457 e. The van der Waals surface area contributed by atoms with Crippen LogP contribution < -0.4 is 0 Å². The first kappa shape index (κ1) is 15.3. The minimum absolute atomic E-state index is 0.141. The number of halogens is 1. The summed E-state index contributed by atoms with van der Waals surface area (Å²) in [6.07, 6.45) is 3.19. The molecule has 3 rings (SSSR count). The van der Waals surface area contributed by atoms with E-state index in [-0.39, 0.29) is 6.61 Å². The van der Waals surface area contributed by atoms with Gasteiger partial charge < -0.3 is 4.74 Å². The predicted molar refractivity (Wildman–Crippen MR) is 88.3 cm³/mol. The van der Waals surface area contributed by atoms with Gasteiger partial charge in [-0.3, -0.25) is 4.68 Å². The van der Waals surface area contributed by atoms with Crippen LogP contribution >= 0.6 is 11.6 Å². The summed E-state index contributed by atoms with van der Waals surface area (Å²) in [5.74, 6) is -0.413. The van der Waals surface area contributed by atoms with Crippen molar-refractivity contribution in [1.29, 1.82) is 0 Å². The van der Waals surface area contributed by atoms with Crippen molar-refractivity contribution in [3.05, 3.63) is 88.7 Å². The third-order valence-electron chi connectivity index (χ3n) is 3.37. The van der Waals surface area contributed by atoms with Crippen LogP contribution in [0, 0.1) is 0 Å². The first-order chi connectivity index (χ1) is 11.2. The monoisotopic (exact) mass is 326 g/mol. The second kappa shape index (κ2) is 7.11. The Morgan fingerprint density at radius 1 is 1.09 bits per heavy atom. The SMILES string of the molecule is O=C(OCc1ccccc1Cl)c1cnn(Cc2ccccc2)c1. The fraction of sp³-hybridized carbons (Fsp3) is 0.111. The fourth-order valence-corrected chi connectivity index (χ4v) is 2.36. The molecule has 0 aliphatic rings. The third-order valence-corrected chi connectivity index (χ3v) is 3.74. The summed E-state index contributed by atoms with van der Waals surface area (Å²) < 4.78 is 6.99. The van der Waals surface area contributed by atoms with Gasteiger partial charge in [0, 0.05) is 16.8 Å². The van der Waals surface area contributed by atoms with Gasteiger partial charge in [-0.2, -0.15) is 5.10 Å². The number of rotatable bonds is 5. The summed E-state index contributed by atoms with van der Waals surface area (Å²) in [7, 11) is 0. The quantitative estimate of drug-likeness (QED) is 0.667. The van der Waals surface area contributed by atoms with Gasteiger partial charge in [-0.1, -0.05) is 60.1 Å². The van der Waals surface area contributed by atoms with Crippen molar-refractivity contribution >= 4 is 17.6 Å². The van der Waals surface area contributed by atoms with Crippen LogP contribution in [0.25, 0.3) is 0 Å². The van der Waals surface area contributed by atoms with Gasteiger partial charge in [-0.25, -0.2) is 4.79 Å². The first-order valence-electron chi connectivity index (χ1n) is 7.19. The minimum atomic E-state index is -0.413. The maximum atomic E-state index is 12.1. The maximum Gasteiger partial charge on any atom is 0.341 e. The summed E-state index contributed by atoms with van der Waals surface area (Å²) in [6.45, 7) is 0.751. The van der Waals surface area contributed by atoms with Crippen LogP contribution in [0.2, 0.25) is 5.02 Å². The second-order valence-electron chi connectivity index (χ2n) is 5.08. The zero-order chi connectivity index (χ0) is 16.1. The molecule has 0 unspecified atom stereocenters. The van der Waals surface area contributed by atoms with Crippen molar-refractivity contribution < 1.29 is 9.53 Å². The molecule has 0 saturated heterocycles. The molecule has 23 heavy (non-hydrogen) atoms. The topological polar surface area (TPSA) is 44.1 Å². The van der Waals surface area contributed by atoms with Gasteiger partial charge in [-0.05, 0) is 11.6 Å². The van der Waals surface area contributed by atoms with E-state index in [2.05, 4.69) is 5.10 Å². The number of hydrogen-bond acceptors (Lipinski definition) is 3. The van der Waals surface area contributed by atoms with Crippen molar-refractivity contribution in [2.45, 2.75) is 13.2 Å². The van der Waals surface area contributed by atoms with Gasteiger partial charge >= 0.3 is 5.97 Å². The van der Waals surface area contributed by atoms with Gasteiger partial charge in [0.05, 0.1) is 18.3 Å². The molecule has 0 spiro atoms. The second-order valence-corrected chi connectivity index (χ2v) is 5.49. The van der Waals surface area contributed by atoms with Crippen LogP contribution in [0.4, 0.5) is 0 Å². The molecule has 116 valence electrons. The standard InChI is InChI=1S/C18H15ClN2O2/c19-17-9-5-4-8-15(17)13-23-18(22)16-10-20-21(12-16)11-14-6-2-1-3-7-14/h1-10,12H,11,13H2. The number of ether oxygens (including phenoxy) is 1. The molecule has 3 aromatic rings. The van der Waals surface area contributed by atoms with Crippen molar-refractivity contribution in [3.8, 4) is 0 Å². The number of benzene rings is 2. The zero-order valence-corrected chi connectivity index (χ0v) is 13.1. The summed E-state index contributed by atoms with van der Waals surface area (Å²) in [5, 5.41) is 4.78. The Balaban J connectivity index is 1.61. The molecule has 0 bridgehead atoms. The Morgan fingerprint density at radius 2 is 1.83 bits per heavy atom. The lowest BCUT2D eigenvalue weighted by molar-refractivity contribution is 0.0473. The molecule has 4 nitrogen and oxygen atoms in total. The molecular formula is C18H15ClN2O2. The van der Waals surface area contributed by atoms with E-state index >= 15 is 0 Å². The van der Waals surface area contributed by atoms with Crippen molar-refractivity contribution in [1.82, 2.24) is 9.78 Å². The number of aromatic nitrogens is 2. The Bertz CT molecular complexity index is 800. The molecule has 5 heteroatoms. The molecule has 1 heterocycles. The van der Waals surface area contributed by atoms with E-state index in [1.54, 1.807) is 16.9 Å². The molecule has 1 aromatic heterocycles. The fourth-order valence-electron chi connectivity index (χ4n) is 2.17. The normalized spacial score (nSPS) is 10.5. The Hall–Kier alpha value is -2.59. The number of hydrogen-bond donors (Lipinski definition) is 0. The smallest absolute Gasteiger partial charge is 0.341 e. The van der Waals surface area contributed by atoms with Crippen LogP contribution in [-0.2, 0) is 17.9 Å². The molecule has 0 N–H and O–H groups in total. The van der Waals surface area contributed by atoms with Crippen LogP contribution in [-0.4, -0.2) is 15.7 Å². The Kier molecular flexibility index (Phi) is 4.74. The number of nitrogens with zero attached hydrogens (tertiary/aromatic N) is 2. The van der Waals surface area contributed by atoms with E-state index in [9.17, 15) is 4.79 Å². The average Bonchev–Trinajstić information content (AvgIpc) is 3.03. The Labute approximate surface area is 139 Å². The summed E-state index contributed by atoms with van der Waals surface area (Å²) in [6, 6.07) is 17.2. The molecule has 0 fully saturated rings. The van der Waals surface area contributed by atoms with E-state index in [0.717, 1.165) is 11.1 Å². The molecule has 0 amide bonds. The number of carbonyl (C=O) groups is 1. The van der Waals surface area contributed by atoms with Crippen LogP contribution in [0.3, 0.4) is 0 Å². The lowest BCUT2D eigenvalue weighted by Crippen LogP contribution is -2.05. The molecule has 0 aliphatic carbocycles. The molecule has 0 atom stereocenters. The number of carbonyl (C=O) groups excluding carboxylic acids is 1. The number of esters is 1. The van der Waals surface area contributed by atoms with E-state index in [0.29, 0.717) is 17.1 Å². The zero-order valence-electron chi connectivity index (χ0n) is 12.4. The summed E-state index contributed by atoms with van der Waals surface area (Å²) >= 11 is 6.04. The lowest BCUT2D eigenvalue weighted by atomic mass is 10.2. The highest BCUT2D eigenvalue weighted by Gasteiger charge is 2.11. The third kappa shape index (κ3) is 3.99. The lowest BCUT2D eigenvalue weighted by Gasteiger charge is -2.05. The van der Waals surface area contributed by atoms with Gasteiger partial charge in [0.25, 0.3) is 0 Å². The first-order valence-corrected chi connectivity index (χ1v) is 7.57. The summed E-state index contributed by atoms with van der Waals surface area (Å²) in [4.78, 5) is 12.1. The van der Waals surface area contributed by atoms with Crippen molar-refractivity contribution in [2.75, 3.05) is 0 Å². The van der Waals surface area contributed by atoms with Gasteiger partial charge in [0.15, 0.2) is 0 Å². The van der Waals surface area contributed by atoms with E-state index in [1.807, 2.05) is 48.5 Å². The van der Waals surface area contributed by atoms with Crippen LogP contribution in [0.5, 0.6) is 0 Å². The molecule has 0 saturated carbocycles. The van der Waals surface area contributed by atoms with Gasteiger partial charge in [0.1, 0.15) is 6.61 Å². The predicted octanol–water partition coefficient (Wildman–Crippen LogP) is 3.94. The molecule has 2 aromatic carbocycles. The maximum absolute atomic E-state index is 12.1.